The van der Waals surface area contributed by atoms with E-state index in [1.165, 1.54) is 5.56 Å². The molecule has 0 saturated heterocycles. The van der Waals surface area contributed by atoms with E-state index in [2.05, 4.69) is 5.10 Å². The Labute approximate surface area is 88.1 Å². The smallest absolute Gasteiger partial charge is 0.0568 e. The highest BCUT2D eigenvalue weighted by molar-refractivity contribution is 6.33. The van der Waals surface area contributed by atoms with Crippen LogP contribution in [0.4, 0.5) is 0 Å². The van der Waals surface area contributed by atoms with E-state index in [1.54, 1.807) is 4.68 Å². The standard InChI is InChI=1S/C11H11ClN2/c1-8-4-3-5-10(12)11(8)9-6-13-14(2)7-9/h3-7H,1-2H3. The number of nitrogens with zero attached hydrogens (tertiary/aromatic N) is 2. The van der Waals surface area contributed by atoms with Gasteiger partial charge in [-0.15, -0.1) is 0 Å². The van der Waals surface area contributed by atoms with Crippen LogP contribution in [0.1, 0.15) is 5.56 Å². The highest BCUT2D eigenvalue weighted by Crippen LogP contribution is 2.30. The number of benzene rings is 1. The van der Waals surface area contributed by atoms with Crippen molar-refractivity contribution in [2.75, 3.05) is 0 Å². The van der Waals surface area contributed by atoms with Gasteiger partial charge in [0.25, 0.3) is 0 Å². The minimum atomic E-state index is 0.776. The van der Waals surface area contributed by atoms with Crippen molar-refractivity contribution in [1.82, 2.24) is 9.78 Å². The zero-order chi connectivity index (χ0) is 10.1. The molecule has 2 nitrogen and oxygen atoms in total. The van der Waals surface area contributed by atoms with Crippen LogP contribution in [0.15, 0.2) is 30.6 Å². The predicted octanol–water partition coefficient (Wildman–Crippen LogP) is 3.05. The summed E-state index contributed by atoms with van der Waals surface area (Å²) in [7, 11) is 1.90. The number of rotatable bonds is 1. The lowest BCUT2D eigenvalue weighted by Crippen LogP contribution is -1.85. The van der Waals surface area contributed by atoms with Crippen molar-refractivity contribution in [3.05, 3.63) is 41.2 Å². The number of hydrogen-bond donors (Lipinski definition) is 0. The molecule has 0 aliphatic heterocycles. The summed E-state index contributed by atoms with van der Waals surface area (Å²) in [6, 6.07) is 5.91. The van der Waals surface area contributed by atoms with Crippen molar-refractivity contribution in [1.29, 1.82) is 0 Å². The highest BCUT2D eigenvalue weighted by atomic mass is 35.5. The number of aryl methyl sites for hydroxylation is 2. The molecule has 0 amide bonds. The van der Waals surface area contributed by atoms with Crippen molar-refractivity contribution in [3.63, 3.8) is 0 Å². The molecule has 0 aliphatic carbocycles. The van der Waals surface area contributed by atoms with Crippen LogP contribution in [0.25, 0.3) is 11.1 Å². The first-order valence-corrected chi connectivity index (χ1v) is 4.80. The molecule has 2 aromatic rings. The van der Waals surface area contributed by atoms with E-state index in [-0.39, 0.29) is 0 Å². The van der Waals surface area contributed by atoms with Crippen LogP contribution in [0, 0.1) is 6.92 Å². The maximum Gasteiger partial charge on any atom is 0.0568 e. The molecule has 1 aromatic carbocycles. The second kappa shape index (κ2) is 3.46. The first-order valence-electron chi connectivity index (χ1n) is 4.42. The van der Waals surface area contributed by atoms with Crippen molar-refractivity contribution in [3.8, 4) is 11.1 Å². The van der Waals surface area contributed by atoms with Gasteiger partial charge in [0.2, 0.25) is 0 Å². The third-order valence-corrected chi connectivity index (χ3v) is 2.53. The summed E-state index contributed by atoms with van der Waals surface area (Å²) in [5, 5.41) is 4.91. The van der Waals surface area contributed by atoms with E-state index in [1.807, 2.05) is 44.6 Å². The maximum atomic E-state index is 6.14. The third-order valence-electron chi connectivity index (χ3n) is 2.22. The van der Waals surface area contributed by atoms with Crippen molar-refractivity contribution in [2.45, 2.75) is 6.92 Å². The normalized spacial score (nSPS) is 10.5. The first kappa shape index (κ1) is 9.28. The lowest BCUT2D eigenvalue weighted by Gasteiger charge is -2.04. The third kappa shape index (κ3) is 1.53. The molecule has 0 aliphatic rings. The minimum Gasteiger partial charge on any atom is -0.275 e. The predicted molar refractivity (Wildman–Crippen MR) is 58.4 cm³/mol. The Morgan fingerprint density at radius 3 is 2.71 bits per heavy atom. The van der Waals surface area contributed by atoms with Gasteiger partial charge >= 0.3 is 0 Å². The molecular weight excluding hydrogens is 196 g/mol. The Bertz CT molecular complexity index is 440. The van der Waals surface area contributed by atoms with Gasteiger partial charge in [0, 0.05) is 29.4 Å². The topological polar surface area (TPSA) is 17.8 Å². The molecule has 0 N–H and O–H groups in total. The number of hydrogen-bond acceptors (Lipinski definition) is 1. The maximum absolute atomic E-state index is 6.14. The Morgan fingerprint density at radius 2 is 2.14 bits per heavy atom. The van der Waals surface area contributed by atoms with Crippen LogP contribution in [0.2, 0.25) is 5.02 Å². The van der Waals surface area contributed by atoms with Crippen LogP contribution < -0.4 is 0 Å². The van der Waals surface area contributed by atoms with Gasteiger partial charge in [0.1, 0.15) is 0 Å². The Morgan fingerprint density at radius 1 is 1.36 bits per heavy atom. The van der Waals surface area contributed by atoms with Crippen LogP contribution in [-0.2, 0) is 7.05 Å². The van der Waals surface area contributed by atoms with Gasteiger partial charge in [0.15, 0.2) is 0 Å². The second-order valence-electron chi connectivity index (χ2n) is 3.33. The van der Waals surface area contributed by atoms with Crippen LogP contribution in [0.3, 0.4) is 0 Å². The molecule has 1 aromatic heterocycles. The monoisotopic (exact) mass is 206 g/mol. The van der Waals surface area contributed by atoms with Gasteiger partial charge in [-0.25, -0.2) is 0 Å². The second-order valence-corrected chi connectivity index (χ2v) is 3.74. The summed E-state index contributed by atoms with van der Waals surface area (Å²) in [5.74, 6) is 0. The molecule has 2 rings (SSSR count). The summed E-state index contributed by atoms with van der Waals surface area (Å²) in [5.41, 5.74) is 3.31. The van der Waals surface area contributed by atoms with Crippen molar-refractivity contribution in [2.24, 2.45) is 7.05 Å². The van der Waals surface area contributed by atoms with Gasteiger partial charge in [0.05, 0.1) is 6.20 Å². The van der Waals surface area contributed by atoms with E-state index >= 15 is 0 Å². The fourth-order valence-corrected chi connectivity index (χ4v) is 1.88. The first-order chi connectivity index (χ1) is 6.68. The van der Waals surface area contributed by atoms with Crippen LogP contribution in [-0.4, -0.2) is 9.78 Å². The molecule has 0 fully saturated rings. The van der Waals surface area contributed by atoms with E-state index in [0.29, 0.717) is 0 Å². The zero-order valence-corrected chi connectivity index (χ0v) is 8.92. The molecule has 0 unspecified atom stereocenters. The molecule has 0 bridgehead atoms. The summed E-state index contributed by atoms with van der Waals surface area (Å²) in [4.78, 5) is 0. The lowest BCUT2D eigenvalue weighted by atomic mass is 10.0. The Kier molecular flexibility index (Phi) is 2.30. The van der Waals surface area contributed by atoms with Gasteiger partial charge in [-0.05, 0) is 18.6 Å². The summed E-state index contributed by atoms with van der Waals surface area (Å²) in [6.45, 7) is 2.05. The van der Waals surface area contributed by atoms with Gasteiger partial charge in [-0.3, -0.25) is 4.68 Å². The van der Waals surface area contributed by atoms with Crippen molar-refractivity contribution >= 4 is 11.6 Å². The van der Waals surface area contributed by atoms with E-state index in [9.17, 15) is 0 Å². The van der Waals surface area contributed by atoms with E-state index in [0.717, 1.165) is 16.1 Å². The van der Waals surface area contributed by atoms with Gasteiger partial charge < -0.3 is 0 Å². The SMILES string of the molecule is Cc1cccc(Cl)c1-c1cnn(C)c1. The lowest BCUT2D eigenvalue weighted by molar-refractivity contribution is 0.768. The fraction of sp³-hybridized carbons (Fsp3) is 0.182. The molecule has 0 atom stereocenters. The van der Waals surface area contributed by atoms with E-state index in [4.69, 9.17) is 11.6 Å². The highest BCUT2D eigenvalue weighted by Gasteiger charge is 2.07. The number of aromatic nitrogens is 2. The summed E-state index contributed by atoms with van der Waals surface area (Å²) < 4.78 is 1.78. The molecule has 3 heteroatoms. The molecule has 0 spiro atoms. The molecule has 14 heavy (non-hydrogen) atoms. The quantitative estimate of drug-likeness (QED) is 0.701. The molecule has 1 heterocycles. The Hall–Kier alpha value is -1.28. The minimum absolute atomic E-state index is 0.776. The molecule has 72 valence electrons. The zero-order valence-electron chi connectivity index (χ0n) is 8.16. The summed E-state index contributed by atoms with van der Waals surface area (Å²) >= 11 is 6.14. The van der Waals surface area contributed by atoms with Crippen LogP contribution in [0.5, 0.6) is 0 Å². The molecule has 0 radical (unpaired) electrons. The van der Waals surface area contributed by atoms with Crippen LogP contribution >= 0.6 is 11.6 Å². The fourth-order valence-electron chi connectivity index (χ4n) is 1.55. The number of halogens is 1. The Balaban J connectivity index is 2.61. The van der Waals surface area contributed by atoms with Gasteiger partial charge in [-0.1, -0.05) is 23.7 Å². The molecule has 0 saturated carbocycles. The average molecular weight is 207 g/mol. The van der Waals surface area contributed by atoms with E-state index < -0.39 is 0 Å². The molecular formula is C11H11ClN2. The average Bonchev–Trinajstić information content (AvgIpc) is 2.51. The largest absolute Gasteiger partial charge is 0.275 e. The summed E-state index contributed by atoms with van der Waals surface area (Å²) in [6.07, 6.45) is 3.79. The van der Waals surface area contributed by atoms with Gasteiger partial charge in [-0.2, -0.15) is 5.10 Å². The van der Waals surface area contributed by atoms with Crippen molar-refractivity contribution < 1.29 is 0 Å².